The molecule has 15 heavy (non-hydrogen) atoms. The molecule has 1 unspecified atom stereocenters. The molecule has 0 saturated heterocycles. The van der Waals surface area contributed by atoms with E-state index in [1.165, 1.54) is 35.1 Å². The van der Waals surface area contributed by atoms with Crippen molar-refractivity contribution in [1.29, 1.82) is 0 Å². The second-order valence-corrected chi connectivity index (χ2v) is 4.51. The Bertz CT molecular complexity index is 468. The summed E-state index contributed by atoms with van der Waals surface area (Å²) in [5.41, 5.74) is 5.49. The molecule has 1 heteroatoms. The molecule has 1 aromatic carbocycles. The zero-order chi connectivity index (χ0) is 10.3. The van der Waals surface area contributed by atoms with Gasteiger partial charge in [-0.1, -0.05) is 25.1 Å². The highest BCUT2D eigenvalue weighted by atomic mass is 16.3. The fourth-order valence-electron chi connectivity index (χ4n) is 2.45. The Morgan fingerprint density at radius 3 is 2.73 bits per heavy atom. The number of fused-ring (bicyclic) bond motifs is 1. The van der Waals surface area contributed by atoms with Gasteiger partial charge in [-0.2, -0.15) is 0 Å². The number of hydrogen-bond donors (Lipinski definition) is 0. The normalized spacial score (nSPS) is 19.1. The number of rotatable bonds is 1. The van der Waals surface area contributed by atoms with E-state index in [0.717, 1.165) is 5.92 Å². The van der Waals surface area contributed by atoms with Gasteiger partial charge in [-0.3, -0.25) is 0 Å². The largest absolute Gasteiger partial charge is 0.472 e. The molecular weight excluding hydrogens is 184 g/mol. The summed E-state index contributed by atoms with van der Waals surface area (Å²) in [5.74, 6) is 0.805. The zero-order valence-electron chi connectivity index (χ0n) is 8.86. The predicted octanol–water partition coefficient (Wildman–Crippen LogP) is 3.68. The van der Waals surface area contributed by atoms with Crippen LogP contribution in [0.5, 0.6) is 0 Å². The first-order valence-corrected chi connectivity index (χ1v) is 5.47. The highest BCUT2D eigenvalue weighted by Gasteiger charge is 2.17. The molecule has 0 amide bonds. The van der Waals surface area contributed by atoms with Crippen molar-refractivity contribution in [2.45, 2.75) is 19.8 Å². The first-order chi connectivity index (χ1) is 7.33. The SMILES string of the molecule is CC1Cc2ccc(-c3ccoc3)cc2C1. The van der Waals surface area contributed by atoms with Crippen LogP contribution in [0.2, 0.25) is 0 Å². The molecule has 1 heterocycles. The van der Waals surface area contributed by atoms with Gasteiger partial charge in [-0.05, 0) is 41.5 Å². The van der Waals surface area contributed by atoms with Gasteiger partial charge in [-0.25, -0.2) is 0 Å². The van der Waals surface area contributed by atoms with Gasteiger partial charge in [0.2, 0.25) is 0 Å². The smallest absolute Gasteiger partial charge is 0.0980 e. The Morgan fingerprint density at radius 2 is 1.93 bits per heavy atom. The first kappa shape index (κ1) is 8.78. The molecule has 3 rings (SSSR count). The molecule has 1 nitrogen and oxygen atoms in total. The predicted molar refractivity (Wildman–Crippen MR) is 60.7 cm³/mol. The zero-order valence-corrected chi connectivity index (χ0v) is 8.86. The molecule has 76 valence electrons. The molecule has 0 aliphatic heterocycles. The van der Waals surface area contributed by atoms with Crippen LogP contribution < -0.4 is 0 Å². The molecule has 0 bridgehead atoms. The lowest BCUT2D eigenvalue weighted by atomic mass is 10.0. The molecule has 1 aromatic heterocycles. The summed E-state index contributed by atoms with van der Waals surface area (Å²) in [6.07, 6.45) is 5.99. The fraction of sp³-hybridized carbons (Fsp3) is 0.286. The highest BCUT2D eigenvalue weighted by Crippen LogP contribution is 2.30. The van der Waals surface area contributed by atoms with Crippen LogP contribution in [0.3, 0.4) is 0 Å². The van der Waals surface area contributed by atoms with Crippen molar-refractivity contribution >= 4 is 0 Å². The minimum absolute atomic E-state index is 0.805. The maximum absolute atomic E-state index is 5.11. The van der Waals surface area contributed by atoms with E-state index in [4.69, 9.17) is 4.42 Å². The van der Waals surface area contributed by atoms with Crippen molar-refractivity contribution in [1.82, 2.24) is 0 Å². The van der Waals surface area contributed by atoms with E-state index >= 15 is 0 Å². The topological polar surface area (TPSA) is 13.1 Å². The Labute approximate surface area is 89.7 Å². The maximum Gasteiger partial charge on any atom is 0.0980 e. The molecular formula is C14H14O. The van der Waals surface area contributed by atoms with Crippen LogP contribution in [-0.4, -0.2) is 0 Å². The van der Waals surface area contributed by atoms with Crippen molar-refractivity contribution in [2.75, 3.05) is 0 Å². The summed E-state index contributed by atoms with van der Waals surface area (Å²) < 4.78 is 5.11. The third-order valence-corrected chi connectivity index (χ3v) is 3.20. The van der Waals surface area contributed by atoms with Gasteiger partial charge in [0, 0.05) is 5.56 Å². The van der Waals surface area contributed by atoms with Crippen molar-refractivity contribution in [3.63, 3.8) is 0 Å². The molecule has 0 spiro atoms. The lowest BCUT2D eigenvalue weighted by Gasteiger charge is -2.01. The molecule has 2 aromatic rings. The van der Waals surface area contributed by atoms with E-state index in [2.05, 4.69) is 25.1 Å². The van der Waals surface area contributed by atoms with E-state index in [9.17, 15) is 0 Å². The van der Waals surface area contributed by atoms with Gasteiger partial charge < -0.3 is 4.42 Å². The van der Waals surface area contributed by atoms with Gasteiger partial charge >= 0.3 is 0 Å². The van der Waals surface area contributed by atoms with Crippen LogP contribution in [0.1, 0.15) is 18.1 Å². The third kappa shape index (κ3) is 1.48. The molecule has 1 aliphatic rings. The summed E-state index contributed by atoms with van der Waals surface area (Å²) in [6, 6.07) is 8.78. The molecule has 1 aliphatic carbocycles. The summed E-state index contributed by atoms with van der Waals surface area (Å²) in [7, 11) is 0. The van der Waals surface area contributed by atoms with Gasteiger partial charge in [-0.15, -0.1) is 0 Å². The minimum atomic E-state index is 0.805. The molecule has 0 saturated carbocycles. The number of furan rings is 1. The van der Waals surface area contributed by atoms with Crippen molar-refractivity contribution in [2.24, 2.45) is 5.92 Å². The minimum Gasteiger partial charge on any atom is -0.472 e. The number of hydrogen-bond acceptors (Lipinski definition) is 1. The number of benzene rings is 1. The van der Waals surface area contributed by atoms with E-state index < -0.39 is 0 Å². The summed E-state index contributed by atoms with van der Waals surface area (Å²) in [4.78, 5) is 0. The quantitative estimate of drug-likeness (QED) is 0.681. The average Bonchev–Trinajstić information content (AvgIpc) is 2.82. The summed E-state index contributed by atoms with van der Waals surface area (Å²) in [6.45, 7) is 2.32. The van der Waals surface area contributed by atoms with Crippen LogP contribution >= 0.6 is 0 Å². The van der Waals surface area contributed by atoms with Crippen molar-refractivity contribution in [3.8, 4) is 11.1 Å². The van der Waals surface area contributed by atoms with Gasteiger partial charge in [0.05, 0.1) is 12.5 Å². The van der Waals surface area contributed by atoms with Gasteiger partial charge in [0.25, 0.3) is 0 Å². The van der Waals surface area contributed by atoms with Gasteiger partial charge in [0.1, 0.15) is 0 Å². The third-order valence-electron chi connectivity index (χ3n) is 3.20. The Hall–Kier alpha value is -1.50. The maximum atomic E-state index is 5.11. The van der Waals surface area contributed by atoms with Crippen LogP contribution in [-0.2, 0) is 12.8 Å². The van der Waals surface area contributed by atoms with E-state index in [-0.39, 0.29) is 0 Å². The summed E-state index contributed by atoms with van der Waals surface area (Å²) >= 11 is 0. The van der Waals surface area contributed by atoms with E-state index in [1.54, 1.807) is 12.5 Å². The molecule has 0 N–H and O–H groups in total. The monoisotopic (exact) mass is 198 g/mol. The lowest BCUT2D eigenvalue weighted by Crippen LogP contribution is -1.89. The summed E-state index contributed by atoms with van der Waals surface area (Å²) in [5, 5.41) is 0. The Kier molecular flexibility index (Phi) is 1.91. The second-order valence-electron chi connectivity index (χ2n) is 4.51. The Balaban J connectivity index is 2.04. The Morgan fingerprint density at radius 1 is 1.07 bits per heavy atom. The fourth-order valence-corrected chi connectivity index (χ4v) is 2.45. The lowest BCUT2D eigenvalue weighted by molar-refractivity contribution is 0.568. The van der Waals surface area contributed by atoms with Gasteiger partial charge in [0.15, 0.2) is 0 Å². The standard InChI is InChI=1S/C14H14O/c1-10-6-11-2-3-12(8-14(11)7-10)13-4-5-15-9-13/h2-5,8-10H,6-7H2,1H3. The molecule has 0 fully saturated rings. The van der Waals surface area contributed by atoms with Crippen molar-refractivity contribution < 1.29 is 4.42 Å². The van der Waals surface area contributed by atoms with Crippen LogP contribution in [0.4, 0.5) is 0 Å². The van der Waals surface area contributed by atoms with E-state index in [1.807, 2.05) is 6.07 Å². The highest BCUT2D eigenvalue weighted by molar-refractivity contribution is 5.64. The van der Waals surface area contributed by atoms with Crippen LogP contribution in [0.25, 0.3) is 11.1 Å². The molecule has 0 radical (unpaired) electrons. The first-order valence-electron chi connectivity index (χ1n) is 5.47. The van der Waals surface area contributed by atoms with E-state index in [0.29, 0.717) is 0 Å². The van der Waals surface area contributed by atoms with Crippen molar-refractivity contribution in [3.05, 3.63) is 47.9 Å². The average molecular weight is 198 g/mol. The van der Waals surface area contributed by atoms with Crippen LogP contribution in [0, 0.1) is 5.92 Å². The van der Waals surface area contributed by atoms with Crippen LogP contribution in [0.15, 0.2) is 41.2 Å². The second kappa shape index (κ2) is 3.27. The molecule has 1 atom stereocenters.